The van der Waals surface area contributed by atoms with Gasteiger partial charge in [-0.2, -0.15) is 0 Å². The van der Waals surface area contributed by atoms with Crippen LogP contribution in [0.15, 0.2) is 127 Å². The Morgan fingerprint density at radius 3 is 1.93 bits per heavy atom. The summed E-state index contributed by atoms with van der Waals surface area (Å²) in [6.07, 6.45) is 8.31. The first-order valence-electron chi connectivity index (χ1n) is 22.6. The van der Waals surface area contributed by atoms with Gasteiger partial charge in [0.15, 0.2) is 0 Å². The molecule has 6 rings (SSSR count). The van der Waals surface area contributed by atoms with Gasteiger partial charge in [-0.05, 0) is 59.5 Å². The Kier molecular flexibility index (Phi) is 21.9. The highest BCUT2D eigenvalue weighted by molar-refractivity contribution is 5.96. The molecular formula is C52H62N6O10. The number of amides is 2. The van der Waals surface area contributed by atoms with E-state index in [4.69, 9.17) is 18.9 Å². The van der Waals surface area contributed by atoms with Crippen molar-refractivity contribution < 1.29 is 48.3 Å². The molecule has 2 aromatic heterocycles. The Balaban J connectivity index is 0.000000314. The van der Waals surface area contributed by atoms with Crippen molar-refractivity contribution in [2.24, 2.45) is 0 Å². The Morgan fingerprint density at radius 2 is 1.32 bits per heavy atom. The summed E-state index contributed by atoms with van der Waals surface area (Å²) in [5.74, 6) is -2.18. The molecule has 1 atom stereocenters. The molecular weight excluding hydrogens is 869 g/mol. The number of carbonyl (C=O) groups is 4. The van der Waals surface area contributed by atoms with Gasteiger partial charge in [0.2, 0.25) is 12.3 Å². The van der Waals surface area contributed by atoms with Crippen molar-refractivity contribution in [3.63, 3.8) is 0 Å². The van der Waals surface area contributed by atoms with Crippen LogP contribution in [-0.2, 0) is 35.1 Å². The number of aryl methyl sites for hydroxylation is 1. The molecule has 1 unspecified atom stereocenters. The summed E-state index contributed by atoms with van der Waals surface area (Å²) in [7, 11) is 0. The SMILES string of the molecule is C=CC1=C(\C=C)CN(C(=O)CCNC=O)c2ccccc2/C=C\1.Cc1ccc(C(c2cccc(C(=O)O)n2)N2CCOCCOCCN(Cc3cccc(C(=O)O)n3)CCOCCOCC2)cc1. The topological polar surface area (TPSA) is 193 Å². The minimum atomic E-state index is -1.07. The number of allylic oxidation sites excluding steroid dienone is 3. The molecule has 0 saturated carbocycles. The lowest BCUT2D eigenvalue weighted by atomic mass is 9.99. The summed E-state index contributed by atoms with van der Waals surface area (Å²) < 4.78 is 23.6. The van der Waals surface area contributed by atoms with Crippen LogP contribution < -0.4 is 10.2 Å². The number of hydrogen-bond acceptors (Lipinski definition) is 12. The van der Waals surface area contributed by atoms with Crippen molar-refractivity contribution in [2.45, 2.75) is 25.9 Å². The Morgan fingerprint density at radius 1 is 0.721 bits per heavy atom. The fourth-order valence-electron chi connectivity index (χ4n) is 7.48. The van der Waals surface area contributed by atoms with Crippen molar-refractivity contribution in [1.29, 1.82) is 0 Å². The zero-order chi connectivity index (χ0) is 48.5. The molecule has 4 aromatic rings. The highest BCUT2D eigenvalue weighted by Gasteiger charge is 2.25. The van der Waals surface area contributed by atoms with Crippen LogP contribution in [0.3, 0.4) is 0 Å². The smallest absolute Gasteiger partial charge is 0.354 e. The maximum absolute atomic E-state index is 12.6. The highest BCUT2D eigenvalue weighted by atomic mass is 16.5. The van der Waals surface area contributed by atoms with Gasteiger partial charge in [-0.3, -0.25) is 19.4 Å². The summed E-state index contributed by atoms with van der Waals surface area (Å²) in [6.45, 7) is 16.8. The molecule has 2 aromatic carbocycles. The largest absolute Gasteiger partial charge is 0.477 e. The molecule has 3 N–H and O–H groups in total. The summed E-state index contributed by atoms with van der Waals surface area (Å²) >= 11 is 0. The molecule has 68 heavy (non-hydrogen) atoms. The minimum absolute atomic E-state index is 0.00333. The van der Waals surface area contributed by atoms with Crippen LogP contribution in [0.4, 0.5) is 5.69 Å². The van der Waals surface area contributed by atoms with E-state index in [1.165, 1.54) is 12.1 Å². The van der Waals surface area contributed by atoms with Crippen molar-refractivity contribution >= 4 is 36.0 Å². The van der Waals surface area contributed by atoms with Crippen molar-refractivity contribution in [3.8, 4) is 0 Å². The molecule has 0 radical (unpaired) electrons. The van der Waals surface area contributed by atoms with Crippen LogP contribution in [0.1, 0.15) is 61.5 Å². The molecule has 2 aliphatic heterocycles. The average Bonchev–Trinajstić information content (AvgIpc) is 3.34. The van der Waals surface area contributed by atoms with Gasteiger partial charge in [-0.15, -0.1) is 0 Å². The number of anilines is 1. The molecule has 360 valence electrons. The molecule has 16 heteroatoms. The molecule has 2 amide bonds. The van der Waals surface area contributed by atoms with Crippen molar-refractivity contribution in [1.82, 2.24) is 25.1 Å². The highest BCUT2D eigenvalue weighted by Crippen LogP contribution is 2.29. The first-order valence-corrected chi connectivity index (χ1v) is 22.6. The molecule has 0 aliphatic carbocycles. The number of benzene rings is 2. The van der Waals surface area contributed by atoms with Crippen LogP contribution in [0.5, 0.6) is 0 Å². The third kappa shape index (κ3) is 16.6. The fraction of sp³-hybridized carbons (Fsp3) is 0.346. The predicted octanol–water partition coefficient (Wildman–Crippen LogP) is 6.01. The van der Waals surface area contributed by atoms with Gasteiger partial charge in [0.1, 0.15) is 11.4 Å². The van der Waals surface area contributed by atoms with Crippen LogP contribution in [0, 0.1) is 6.92 Å². The number of aromatic nitrogens is 2. The van der Waals surface area contributed by atoms with Gasteiger partial charge in [0.25, 0.3) is 0 Å². The van der Waals surface area contributed by atoms with Crippen LogP contribution in [-0.4, -0.2) is 146 Å². The monoisotopic (exact) mass is 930 g/mol. The maximum Gasteiger partial charge on any atom is 0.354 e. The number of nitrogens with one attached hydrogen (secondary N) is 1. The number of carboxylic acids is 2. The van der Waals surface area contributed by atoms with Crippen LogP contribution in [0.25, 0.3) is 6.08 Å². The predicted molar refractivity (Wildman–Crippen MR) is 259 cm³/mol. The van der Waals surface area contributed by atoms with E-state index in [-0.39, 0.29) is 29.8 Å². The lowest BCUT2D eigenvalue weighted by molar-refractivity contribution is -0.118. The summed E-state index contributed by atoms with van der Waals surface area (Å²) in [5.41, 5.74) is 7.14. The molecule has 16 nitrogen and oxygen atoms in total. The van der Waals surface area contributed by atoms with Crippen molar-refractivity contribution in [2.75, 3.05) is 97.0 Å². The number of rotatable bonds is 13. The number of pyridine rings is 2. The van der Waals surface area contributed by atoms with Gasteiger partial charge < -0.3 is 39.4 Å². The maximum atomic E-state index is 12.6. The van der Waals surface area contributed by atoms with E-state index in [0.717, 1.165) is 33.5 Å². The summed E-state index contributed by atoms with van der Waals surface area (Å²) in [6, 6.07) is 25.7. The summed E-state index contributed by atoms with van der Waals surface area (Å²) in [5, 5.41) is 21.4. The third-order valence-corrected chi connectivity index (χ3v) is 11.0. The number of nitrogens with zero attached hydrogens (tertiary/aromatic N) is 5. The zero-order valence-corrected chi connectivity index (χ0v) is 38.7. The molecule has 0 bridgehead atoms. The second-order valence-corrected chi connectivity index (χ2v) is 15.7. The fourth-order valence-corrected chi connectivity index (χ4v) is 7.48. The molecule has 1 fully saturated rings. The van der Waals surface area contributed by atoms with E-state index in [9.17, 15) is 29.4 Å². The second kappa shape index (κ2) is 28.5. The van der Waals surface area contributed by atoms with Gasteiger partial charge in [-0.25, -0.2) is 19.6 Å². The number of hydrogen-bond donors (Lipinski definition) is 3. The van der Waals surface area contributed by atoms with E-state index in [1.807, 2.05) is 79.7 Å². The zero-order valence-electron chi connectivity index (χ0n) is 38.7. The molecule has 2 aliphatic rings. The number of carbonyl (C=O) groups excluding carboxylic acids is 2. The Hall–Kier alpha value is -6.66. The number of aromatic carboxylic acids is 2. The first kappa shape index (κ1) is 52.3. The third-order valence-electron chi connectivity index (χ3n) is 11.0. The average molecular weight is 931 g/mol. The van der Waals surface area contributed by atoms with Crippen molar-refractivity contribution in [3.05, 3.63) is 167 Å². The van der Waals surface area contributed by atoms with E-state index >= 15 is 0 Å². The van der Waals surface area contributed by atoms with E-state index in [1.54, 1.807) is 29.2 Å². The Bertz CT molecular complexity index is 2330. The van der Waals surface area contributed by atoms with Crippen LogP contribution in [0.2, 0.25) is 0 Å². The number of carboxylic acid groups (broad SMARTS) is 2. The quantitative estimate of drug-likeness (QED) is 0.104. The van der Waals surface area contributed by atoms with Gasteiger partial charge >= 0.3 is 11.9 Å². The normalized spacial score (nSPS) is 18.0. The first-order chi connectivity index (χ1) is 33.1. The second-order valence-electron chi connectivity index (χ2n) is 15.7. The van der Waals surface area contributed by atoms with E-state index in [2.05, 4.69) is 38.2 Å². The van der Waals surface area contributed by atoms with Gasteiger partial charge in [0, 0.05) is 45.7 Å². The summed E-state index contributed by atoms with van der Waals surface area (Å²) in [4.78, 5) is 60.8. The number of para-hydroxylation sites is 1. The van der Waals surface area contributed by atoms with Gasteiger partial charge in [0.05, 0.1) is 82.5 Å². The lowest BCUT2D eigenvalue weighted by Gasteiger charge is -2.32. The van der Waals surface area contributed by atoms with E-state index < -0.39 is 11.9 Å². The lowest BCUT2D eigenvalue weighted by Crippen LogP contribution is -2.36. The minimum Gasteiger partial charge on any atom is -0.477 e. The molecule has 0 spiro atoms. The Labute approximate surface area is 398 Å². The van der Waals surface area contributed by atoms with Crippen LogP contribution >= 0.6 is 0 Å². The number of fused-ring (bicyclic) bond motifs is 1. The molecule has 1 saturated heterocycles. The molecule has 4 heterocycles. The standard InChI is InChI=1S/C33H42N4O8.C19H20N2O2/c1-25-8-10-26(11-9-25)31(28-5-3-7-30(35-28)33(40)41)37-14-18-44-22-20-42-16-12-36(13-17-43-21-23-45-19-15-37)24-27-4-2-6-29(34-27)32(38)39;1-3-15-9-10-17-7-5-6-8-18(17)21(13-16(15)4-2)19(23)11-12-20-14-22/h2-11,31H,12-24H2,1H3,(H,38,39)(H,40,41);3-10,14H,1-2,11-13H2,(H,20,22)/b;10-9-,16-15-. The number of ether oxygens (including phenoxy) is 4. The van der Waals surface area contributed by atoms with Gasteiger partial charge in [-0.1, -0.05) is 97.6 Å². The van der Waals surface area contributed by atoms with E-state index in [0.29, 0.717) is 116 Å².